The molecule has 1 heterocycles. The van der Waals surface area contributed by atoms with E-state index < -0.39 is 9.84 Å². The van der Waals surface area contributed by atoms with E-state index in [0.29, 0.717) is 18.7 Å². The van der Waals surface area contributed by atoms with E-state index in [4.69, 9.17) is 0 Å². The van der Waals surface area contributed by atoms with Crippen LogP contribution in [-0.4, -0.2) is 30.4 Å². The summed E-state index contributed by atoms with van der Waals surface area (Å²) in [7, 11) is -3.37. The zero-order chi connectivity index (χ0) is 19.4. The summed E-state index contributed by atoms with van der Waals surface area (Å²) in [5, 5.41) is 7.10. The molecule has 6 nitrogen and oxygen atoms in total. The van der Waals surface area contributed by atoms with Crippen LogP contribution in [0.1, 0.15) is 27.0 Å². The number of aryl methyl sites for hydroxylation is 1. The third kappa shape index (κ3) is 4.62. The number of benzene rings is 2. The first-order valence-corrected chi connectivity index (χ1v) is 10.4. The molecule has 0 aliphatic rings. The minimum absolute atomic E-state index is 0.136. The molecule has 0 bridgehead atoms. The van der Waals surface area contributed by atoms with Crippen molar-refractivity contribution in [2.45, 2.75) is 24.9 Å². The Balaban J connectivity index is 1.77. The summed E-state index contributed by atoms with van der Waals surface area (Å²) in [5.74, 6) is -0.299. The van der Waals surface area contributed by atoms with Gasteiger partial charge in [-0.05, 0) is 41.8 Å². The average molecular weight is 383 g/mol. The molecule has 1 amide bonds. The standard InChI is InChI=1S/C20H21N3O3S/c1-15-8-9-18(27(2,25)26)12-19(15)20(24)21-13-16-6-3-4-7-17(16)14-23-11-5-10-22-23/h3-12H,13-14H2,1-2H3,(H,21,24). The Morgan fingerprint density at radius 3 is 2.52 bits per heavy atom. The summed E-state index contributed by atoms with van der Waals surface area (Å²) in [6.45, 7) is 2.74. The Labute approximate surface area is 158 Å². The van der Waals surface area contributed by atoms with Gasteiger partial charge in [-0.2, -0.15) is 5.10 Å². The number of amides is 1. The fraction of sp³-hybridized carbons (Fsp3) is 0.200. The molecule has 0 spiro atoms. The fourth-order valence-electron chi connectivity index (χ4n) is 2.80. The van der Waals surface area contributed by atoms with E-state index in [2.05, 4.69) is 10.4 Å². The fourth-order valence-corrected chi connectivity index (χ4v) is 3.45. The van der Waals surface area contributed by atoms with Gasteiger partial charge >= 0.3 is 0 Å². The monoisotopic (exact) mass is 383 g/mol. The predicted octanol–water partition coefficient (Wildman–Crippen LogP) is 2.57. The molecule has 27 heavy (non-hydrogen) atoms. The van der Waals surface area contributed by atoms with Crippen LogP contribution < -0.4 is 5.32 Å². The van der Waals surface area contributed by atoms with Gasteiger partial charge in [-0.1, -0.05) is 30.3 Å². The first-order valence-electron chi connectivity index (χ1n) is 8.48. The molecule has 0 radical (unpaired) electrons. The van der Waals surface area contributed by atoms with E-state index in [-0.39, 0.29) is 10.8 Å². The first kappa shape index (κ1) is 18.8. The van der Waals surface area contributed by atoms with Crippen LogP contribution in [0.2, 0.25) is 0 Å². The van der Waals surface area contributed by atoms with Gasteiger partial charge in [0, 0.05) is 30.8 Å². The van der Waals surface area contributed by atoms with Crippen molar-refractivity contribution in [3.05, 3.63) is 83.2 Å². The zero-order valence-corrected chi connectivity index (χ0v) is 16.0. The number of aromatic nitrogens is 2. The molecule has 0 aliphatic carbocycles. The van der Waals surface area contributed by atoms with Crippen LogP contribution in [0.5, 0.6) is 0 Å². The van der Waals surface area contributed by atoms with Crippen molar-refractivity contribution in [1.29, 1.82) is 0 Å². The molecule has 2 aromatic carbocycles. The van der Waals surface area contributed by atoms with Crippen molar-refractivity contribution in [2.24, 2.45) is 0 Å². The number of carbonyl (C=O) groups is 1. The number of nitrogens with one attached hydrogen (secondary N) is 1. The summed E-state index contributed by atoms with van der Waals surface area (Å²) >= 11 is 0. The Kier molecular flexibility index (Phi) is 5.41. The molecule has 3 aromatic rings. The SMILES string of the molecule is Cc1ccc(S(C)(=O)=O)cc1C(=O)NCc1ccccc1Cn1cccn1. The molecular formula is C20H21N3O3S. The van der Waals surface area contributed by atoms with Gasteiger partial charge in [0.25, 0.3) is 5.91 Å². The van der Waals surface area contributed by atoms with E-state index in [1.54, 1.807) is 19.2 Å². The lowest BCUT2D eigenvalue weighted by Gasteiger charge is -2.12. The normalized spacial score (nSPS) is 11.3. The molecule has 1 N–H and O–H groups in total. The highest BCUT2D eigenvalue weighted by atomic mass is 32.2. The summed E-state index contributed by atoms with van der Waals surface area (Å²) < 4.78 is 25.3. The van der Waals surface area contributed by atoms with Crippen molar-refractivity contribution >= 4 is 15.7 Å². The lowest BCUT2D eigenvalue weighted by atomic mass is 10.1. The van der Waals surface area contributed by atoms with E-state index >= 15 is 0 Å². The Morgan fingerprint density at radius 2 is 1.85 bits per heavy atom. The van der Waals surface area contributed by atoms with Gasteiger partial charge in [-0.3, -0.25) is 9.48 Å². The van der Waals surface area contributed by atoms with Crippen LogP contribution >= 0.6 is 0 Å². The number of hydrogen-bond acceptors (Lipinski definition) is 4. The Hall–Kier alpha value is -2.93. The molecule has 1 aromatic heterocycles. The van der Waals surface area contributed by atoms with Crippen molar-refractivity contribution < 1.29 is 13.2 Å². The zero-order valence-electron chi connectivity index (χ0n) is 15.2. The smallest absolute Gasteiger partial charge is 0.251 e. The maximum atomic E-state index is 12.6. The first-order chi connectivity index (χ1) is 12.8. The van der Waals surface area contributed by atoms with Crippen LogP contribution in [0.4, 0.5) is 0 Å². The maximum Gasteiger partial charge on any atom is 0.251 e. The number of carbonyl (C=O) groups excluding carboxylic acids is 1. The third-order valence-electron chi connectivity index (χ3n) is 4.33. The van der Waals surface area contributed by atoms with Gasteiger partial charge in [-0.15, -0.1) is 0 Å². The second-order valence-corrected chi connectivity index (χ2v) is 8.42. The van der Waals surface area contributed by atoms with E-state index in [9.17, 15) is 13.2 Å². The van der Waals surface area contributed by atoms with Gasteiger partial charge in [0.2, 0.25) is 0 Å². The summed E-state index contributed by atoms with van der Waals surface area (Å²) in [6.07, 6.45) is 4.74. The molecule has 0 fully saturated rings. The second-order valence-electron chi connectivity index (χ2n) is 6.40. The number of hydrogen-bond donors (Lipinski definition) is 1. The maximum absolute atomic E-state index is 12.6. The largest absolute Gasteiger partial charge is 0.348 e. The van der Waals surface area contributed by atoms with Gasteiger partial charge in [-0.25, -0.2) is 8.42 Å². The Bertz CT molecular complexity index is 1060. The highest BCUT2D eigenvalue weighted by molar-refractivity contribution is 7.90. The minimum atomic E-state index is -3.37. The molecule has 140 valence electrons. The second kappa shape index (κ2) is 7.75. The number of rotatable bonds is 6. The van der Waals surface area contributed by atoms with Crippen LogP contribution in [0.15, 0.2) is 65.8 Å². The van der Waals surface area contributed by atoms with E-state index in [1.807, 2.05) is 41.2 Å². The molecule has 7 heteroatoms. The predicted molar refractivity (Wildman–Crippen MR) is 103 cm³/mol. The van der Waals surface area contributed by atoms with Crippen LogP contribution in [0.3, 0.4) is 0 Å². The molecular weight excluding hydrogens is 362 g/mol. The van der Waals surface area contributed by atoms with Crippen molar-refractivity contribution in [1.82, 2.24) is 15.1 Å². The average Bonchev–Trinajstić information content (AvgIpc) is 3.13. The molecule has 3 rings (SSSR count). The lowest BCUT2D eigenvalue weighted by molar-refractivity contribution is 0.0950. The van der Waals surface area contributed by atoms with Gasteiger partial charge in [0.1, 0.15) is 0 Å². The highest BCUT2D eigenvalue weighted by Gasteiger charge is 2.15. The van der Waals surface area contributed by atoms with E-state index in [1.165, 1.54) is 12.1 Å². The molecule has 0 saturated heterocycles. The van der Waals surface area contributed by atoms with Crippen LogP contribution in [0, 0.1) is 6.92 Å². The van der Waals surface area contributed by atoms with Crippen LogP contribution in [-0.2, 0) is 22.9 Å². The molecule has 0 aliphatic heterocycles. The van der Waals surface area contributed by atoms with Gasteiger partial charge < -0.3 is 5.32 Å². The molecule has 0 unspecified atom stereocenters. The van der Waals surface area contributed by atoms with E-state index in [0.717, 1.165) is 22.9 Å². The van der Waals surface area contributed by atoms with Crippen molar-refractivity contribution in [2.75, 3.05) is 6.26 Å². The van der Waals surface area contributed by atoms with Crippen molar-refractivity contribution in [3.8, 4) is 0 Å². The summed E-state index contributed by atoms with van der Waals surface area (Å²) in [5.41, 5.74) is 3.13. The molecule has 0 saturated carbocycles. The number of sulfone groups is 1. The molecule has 0 atom stereocenters. The topological polar surface area (TPSA) is 81.1 Å². The van der Waals surface area contributed by atoms with Gasteiger partial charge in [0.15, 0.2) is 9.84 Å². The Morgan fingerprint density at radius 1 is 1.11 bits per heavy atom. The summed E-state index contributed by atoms with van der Waals surface area (Å²) in [6, 6.07) is 14.3. The highest BCUT2D eigenvalue weighted by Crippen LogP contribution is 2.16. The minimum Gasteiger partial charge on any atom is -0.348 e. The number of nitrogens with zero attached hydrogens (tertiary/aromatic N) is 2. The van der Waals surface area contributed by atoms with Gasteiger partial charge in [0.05, 0.1) is 11.4 Å². The lowest BCUT2D eigenvalue weighted by Crippen LogP contribution is -2.24. The quantitative estimate of drug-likeness (QED) is 0.709. The van der Waals surface area contributed by atoms with Crippen molar-refractivity contribution in [3.63, 3.8) is 0 Å². The third-order valence-corrected chi connectivity index (χ3v) is 5.44. The summed E-state index contributed by atoms with van der Waals surface area (Å²) in [4.78, 5) is 12.8. The van der Waals surface area contributed by atoms with Crippen LogP contribution in [0.25, 0.3) is 0 Å².